The molecule has 7 nitrogen and oxygen atoms in total. The standard InChI is InChI=1S/C21H14N4O3S/c26-19(15-7-3-1-4-8-15)22-21-24(17-11-13-18(14-12-17)25(27)28)23-20(29-21)16-9-5-2-6-10-16/h1-14H. The second-order valence-electron chi connectivity index (χ2n) is 6.02. The van der Waals surface area contributed by atoms with Crippen LogP contribution in [0.5, 0.6) is 0 Å². The van der Waals surface area contributed by atoms with E-state index in [1.807, 2.05) is 36.4 Å². The van der Waals surface area contributed by atoms with Crippen LogP contribution in [0.4, 0.5) is 5.69 Å². The molecule has 0 atom stereocenters. The number of nitro groups is 1. The molecule has 8 heteroatoms. The van der Waals surface area contributed by atoms with Gasteiger partial charge in [0.2, 0.25) is 4.80 Å². The van der Waals surface area contributed by atoms with E-state index in [1.54, 1.807) is 36.4 Å². The summed E-state index contributed by atoms with van der Waals surface area (Å²) in [5, 5.41) is 16.2. The van der Waals surface area contributed by atoms with Crippen LogP contribution in [0, 0.1) is 10.1 Å². The summed E-state index contributed by atoms with van der Waals surface area (Å²) >= 11 is 1.27. The van der Waals surface area contributed by atoms with Gasteiger partial charge in [-0.05, 0) is 24.3 Å². The number of carbonyl (C=O) groups excluding carboxylic acids is 1. The van der Waals surface area contributed by atoms with Crippen molar-refractivity contribution >= 4 is 22.9 Å². The monoisotopic (exact) mass is 402 g/mol. The van der Waals surface area contributed by atoms with Crippen molar-refractivity contribution in [2.45, 2.75) is 0 Å². The highest BCUT2D eigenvalue weighted by atomic mass is 32.1. The first-order valence-electron chi connectivity index (χ1n) is 8.66. The highest BCUT2D eigenvalue weighted by molar-refractivity contribution is 7.12. The first-order valence-corrected chi connectivity index (χ1v) is 9.48. The van der Waals surface area contributed by atoms with Crippen LogP contribution in [0.1, 0.15) is 10.4 Å². The molecule has 0 N–H and O–H groups in total. The molecule has 4 rings (SSSR count). The Bertz CT molecular complexity index is 1230. The van der Waals surface area contributed by atoms with Gasteiger partial charge in [0.15, 0.2) is 0 Å². The van der Waals surface area contributed by atoms with Gasteiger partial charge in [-0.15, -0.1) is 0 Å². The van der Waals surface area contributed by atoms with Crippen molar-refractivity contribution in [3.8, 4) is 16.3 Å². The lowest BCUT2D eigenvalue weighted by molar-refractivity contribution is -0.384. The number of nitro benzene ring substituents is 1. The number of hydrogen-bond acceptors (Lipinski definition) is 5. The Morgan fingerprint density at radius 2 is 1.55 bits per heavy atom. The van der Waals surface area contributed by atoms with E-state index < -0.39 is 4.92 Å². The topological polar surface area (TPSA) is 90.4 Å². The maximum Gasteiger partial charge on any atom is 0.279 e. The van der Waals surface area contributed by atoms with Gasteiger partial charge in [-0.1, -0.05) is 59.9 Å². The number of rotatable bonds is 4. The summed E-state index contributed by atoms with van der Waals surface area (Å²) in [6.07, 6.45) is 0. The summed E-state index contributed by atoms with van der Waals surface area (Å²) < 4.78 is 1.53. The fourth-order valence-corrected chi connectivity index (χ4v) is 3.58. The third-order valence-electron chi connectivity index (χ3n) is 4.10. The lowest BCUT2D eigenvalue weighted by Crippen LogP contribution is -2.16. The van der Waals surface area contributed by atoms with Gasteiger partial charge in [-0.25, -0.2) is 4.68 Å². The van der Waals surface area contributed by atoms with Crippen molar-refractivity contribution < 1.29 is 9.72 Å². The highest BCUT2D eigenvalue weighted by Crippen LogP contribution is 2.21. The van der Waals surface area contributed by atoms with Gasteiger partial charge in [0.25, 0.3) is 11.6 Å². The van der Waals surface area contributed by atoms with Gasteiger partial charge in [-0.3, -0.25) is 14.9 Å². The van der Waals surface area contributed by atoms with E-state index in [0.717, 1.165) is 5.56 Å². The largest absolute Gasteiger partial charge is 0.279 e. The number of benzene rings is 3. The Labute approximate surface area is 169 Å². The Balaban J connectivity index is 1.84. The molecule has 1 heterocycles. The minimum Gasteiger partial charge on any atom is -0.267 e. The van der Waals surface area contributed by atoms with Crippen LogP contribution in [-0.2, 0) is 0 Å². The Hall–Kier alpha value is -3.91. The van der Waals surface area contributed by atoms with E-state index in [1.165, 1.54) is 28.2 Å². The quantitative estimate of drug-likeness (QED) is 0.377. The first kappa shape index (κ1) is 18.5. The fraction of sp³-hybridized carbons (Fsp3) is 0. The zero-order valence-electron chi connectivity index (χ0n) is 15.0. The summed E-state index contributed by atoms with van der Waals surface area (Å²) in [4.78, 5) is 27.7. The molecule has 3 aromatic carbocycles. The summed E-state index contributed by atoms with van der Waals surface area (Å²) in [5.41, 5.74) is 1.92. The van der Waals surface area contributed by atoms with Crippen LogP contribution in [0.2, 0.25) is 0 Å². The fourth-order valence-electron chi connectivity index (χ4n) is 2.67. The van der Waals surface area contributed by atoms with Crippen molar-refractivity contribution in [3.63, 3.8) is 0 Å². The zero-order chi connectivity index (χ0) is 20.2. The number of carbonyl (C=O) groups is 1. The van der Waals surface area contributed by atoms with E-state index >= 15 is 0 Å². The molecule has 0 aliphatic carbocycles. The van der Waals surface area contributed by atoms with E-state index in [9.17, 15) is 14.9 Å². The van der Waals surface area contributed by atoms with E-state index in [0.29, 0.717) is 21.1 Å². The molecule has 0 radical (unpaired) electrons. The normalized spacial score (nSPS) is 11.4. The summed E-state index contributed by atoms with van der Waals surface area (Å²) in [6, 6.07) is 24.3. The molecule has 142 valence electrons. The summed E-state index contributed by atoms with van der Waals surface area (Å²) in [6.45, 7) is 0. The maximum atomic E-state index is 12.6. The van der Waals surface area contributed by atoms with Crippen molar-refractivity contribution in [1.82, 2.24) is 9.78 Å². The van der Waals surface area contributed by atoms with E-state index in [-0.39, 0.29) is 11.6 Å². The zero-order valence-corrected chi connectivity index (χ0v) is 15.8. The molecule has 4 aromatic rings. The van der Waals surface area contributed by atoms with Crippen molar-refractivity contribution in [2.75, 3.05) is 0 Å². The lowest BCUT2D eigenvalue weighted by Gasteiger charge is -2.01. The molecule has 1 amide bonds. The molecule has 0 spiro atoms. The van der Waals surface area contributed by atoms with Crippen LogP contribution in [-0.4, -0.2) is 20.6 Å². The minimum absolute atomic E-state index is 0.0216. The predicted molar refractivity (Wildman–Crippen MR) is 110 cm³/mol. The molecular weight excluding hydrogens is 388 g/mol. The number of nitrogens with zero attached hydrogens (tertiary/aromatic N) is 4. The molecule has 0 saturated carbocycles. The van der Waals surface area contributed by atoms with Crippen LogP contribution in [0.25, 0.3) is 16.3 Å². The van der Waals surface area contributed by atoms with E-state index in [2.05, 4.69) is 10.1 Å². The minimum atomic E-state index is -0.463. The molecule has 1 aromatic heterocycles. The van der Waals surface area contributed by atoms with Gasteiger partial charge in [-0.2, -0.15) is 10.1 Å². The van der Waals surface area contributed by atoms with Crippen LogP contribution in [0.15, 0.2) is 89.9 Å². The van der Waals surface area contributed by atoms with Gasteiger partial charge >= 0.3 is 0 Å². The molecule has 0 fully saturated rings. The van der Waals surface area contributed by atoms with Gasteiger partial charge < -0.3 is 0 Å². The second-order valence-corrected chi connectivity index (χ2v) is 6.98. The average molecular weight is 402 g/mol. The van der Waals surface area contributed by atoms with Crippen molar-refractivity contribution in [2.24, 2.45) is 4.99 Å². The van der Waals surface area contributed by atoms with Gasteiger partial charge in [0.05, 0.1) is 10.6 Å². The molecule has 0 unspecified atom stereocenters. The molecule has 29 heavy (non-hydrogen) atoms. The van der Waals surface area contributed by atoms with Gasteiger partial charge in [0, 0.05) is 23.3 Å². The Morgan fingerprint density at radius 1 is 0.931 bits per heavy atom. The van der Waals surface area contributed by atoms with Crippen LogP contribution in [0.3, 0.4) is 0 Å². The predicted octanol–water partition coefficient (Wildman–Crippen LogP) is 4.25. The van der Waals surface area contributed by atoms with Gasteiger partial charge in [0.1, 0.15) is 5.01 Å². The summed E-state index contributed by atoms with van der Waals surface area (Å²) in [5.74, 6) is -0.385. The van der Waals surface area contributed by atoms with Crippen molar-refractivity contribution in [3.05, 3.63) is 105 Å². The number of hydrogen-bond donors (Lipinski definition) is 0. The SMILES string of the molecule is O=C(N=c1sc(-c2ccccc2)nn1-c1ccc([N+](=O)[O-])cc1)c1ccccc1. The molecule has 0 aliphatic heterocycles. The Morgan fingerprint density at radius 3 is 2.17 bits per heavy atom. The van der Waals surface area contributed by atoms with Crippen LogP contribution < -0.4 is 4.80 Å². The van der Waals surface area contributed by atoms with Crippen molar-refractivity contribution in [1.29, 1.82) is 0 Å². The second kappa shape index (κ2) is 7.99. The van der Waals surface area contributed by atoms with E-state index in [4.69, 9.17) is 0 Å². The first-order chi connectivity index (χ1) is 14.1. The maximum absolute atomic E-state index is 12.6. The number of aromatic nitrogens is 2. The molecular formula is C21H14N4O3S. The number of amides is 1. The average Bonchev–Trinajstić information content (AvgIpc) is 3.19. The Kier molecular flexibility index (Phi) is 5.08. The number of non-ortho nitro benzene ring substituents is 1. The molecule has 0 aliphatic rings. The van der Waals surface area contributed by atoms with Crippen LogP contribution >= 0.6 is 11.3 Å². The molecule has 0 bridgehead atoms. The molecule has 0 saturated heterocycles. The highest BCUT2D eigenvalue weighted by Gasteiger charge is 2.13. The lowest BCUT2D eigenvalue weighted by atomic mass is 10.2. The summed E-state index contributed by atoms with van der Waals surface area (Å²) in [7, 11) is 0. The third kappa shape index (κ3) is 4.02. The smallest absolute Gasteiger partial charge is 0.267 e. The third-order valence-corrected chi connectivity index (χ3v) is 5.06.